The molecule has 0 saturated heterocycles. The Morgan fingerprint density at radius 1 is 1.15 bits per heavy atom. The number of rotatable bonds is 9. The number of hydrazone groups is 1. The van der Waals surface area contributed by atoms with Gasteiger partial charge < -0.3 is 14.5 Å². The van der Waals surface area contributed by atoms with Crippen LogP contribution in [0.15, 0.2) is 81.5 Å². The van der Waals surface area contributed by atoms with Crippen LogP contribution in [0, 0.1) is 0 Å². The summed E-state index contributed by atoms with van der Waals surface area (Å²) >= 11 is 4.74. The van der Waals surface area contributed by atoms with Crippen LogP contribution in [0.3, 0.4) is 0 Å². The number of hydrogen-bond donors (Lipinski definition) is 2. The number of aromatic nitrogens is 2. The molecule has 9 heteroatoms. The number of hydrogen-bond acceptors (Lipinski definition) is 6. The highest BCUT2D eigenvalue weighted by Crippen LogP contribution is 2.28. The van der Waals surface area contributed by atoms with Gasteiger partial charge in [0.25, 0.3) is 5.91 Å². The maximum absolute atomic E-state index is 12.1. The predicted octanol–water partition coefficient (Wildman–Crippen LogP) is 5.16. The third-order valence-corrected chi connectivity index (χ3v) is 6.01. The van der Waals surface area contributed by atoms with Crippen molar-refractivity contribution in [2.75, 3.05) is 12.9 Å². The molecule has 1 amide bonds. The van der Waals surface area contributed by atoms with Crippen molar-refractivity contribution in [1.82, 2.24) is 15.4 Å². The smallest absolute Gasteiger partial charge is 0.250 e. The Morgan fingerprint density at radius 3 is 2.76 bits per heavy atom. The van der Waals surface area contributed by atoms with Gasteiger partial charge in [-0.05, 0) is 53.6 Å². The molecule has 0 unspecified atom stereocenters. The van der Waals surface area contributed by atoms with Gasteiger partial charge in [0.15, 0.2) is 16.7 Å². The lowest BCUT2D eigenvalue weighted by Crippen LogP contribution is -2.19. The van der Waals surface area contributed by atoms with Crippen LogP contribution in [-0.4, -0.2) is 35.0 Å². The molecule has 0 aliphatic carbocycles. The van der Waals surface area contributed by atoms with Crippen LogP contribution in [-0.2, 0) is 11.4 Å². The van der Waals surface area contributed by atoms with Gasteiger partial charge in [-0.25, -0.2) is 10.4 Å². The minimum atomic E-state index is -0.224. The molecule has 0 radical (unpaired) electrons. The fraction of sp³-hybridized carbons (Fsp3) is 0.125. The van der Waals surface area contributed by atoms with E-state index in [2.05, 4.69) is 36.4 Å². The highest BCUT2D eigenvalue weighted by molar-refractivity contribution is 9.10. The van der Waals surface area contributed by atoms with Crippen molar-refractivity contribution in [2.24, 2.45) is 5.10 Å². The Balaban J connectivity index is 1.28. The summed E-state index contributed by atoms with van der Waals surface area (Å²) in [7, 11) is 1.58. The lowest BCUT2D eigenvalue weighted by atomic mass is 10.2. The van der Waals surface area contributed by atoms with E-state index in [-0.39, 0.29) is 11.7 Å². The van der Waals surface area contributed by atoms with Gasteiger partial charge in [-0.3, -0.25) is 4.79 Å². The Hall–Kier alpha value is -3.30. The van der Waals surface area contributed by atoms with E-state index in [0.29, 0.717) is 23.3 Å². The summed E-state index contributed by atoms with van der Waals surface area (Å²) in [4.78, 5) is 19.7. The summed E-state index contributed by atoms with van der Waals surface area (Å²) in [6.45, 7) is 0.427. The maximum Gasteiger partial charge on any atom is 0.250 e. The summed E-state index contributed by atoms with van der Waals surface area (Å²) in [6, 6.07) is 21.1. The Labute approximate surface area is 203 Å². The number of aromatic amines is 1. The first kappa shape index (κ1) is 22.9. The number of nitrogens with zero attached hydrogens (tertiary/aromatic N) is 2. The summed E-state index contributed by atoms with van der Waals surface area (Å²) in [5.74, 6) is 1.19. The fourth-order valence-corrected chi connectivity index (χ4v) is 3.91. The fourth-order valence-electron chi connectivity index (χ4n) is 2.97. The van der Waals surface area contributed by atoms with Crippen molar-refractivity contribution in [1.29, 1.82) is 0 Å². The number of H-pyrrole nitrogens is 1. The maximum atomic E-state index is 12.1. The molecule has 4 rings (SSSR count). The molecule has 0 atom stereocenters. The van der Waals surface area contributed by atoms with Crippen molar-refractivity contribution in [3.63, 3.8) is 0 Å². The summed E-state index contributed by atoms with van der Waals surface area (Å²) in [5, 5.41) is 4.73. The lowest BCUT2D eigenvalue weighted by molar-refractivity contribution is -0.118. The number of methoxy groups -OCH3 is 1. The first-order chi connectivity index (χ1) is 16.1. The molecule has 33 heavy (non-hydrogen) atoms. The standard InChI is InChI=1S/C24H21BrN4O3S/c1-31-22-12-17(8-11-21(22)32-14-16-6-9-18(25)10-7-16)13-26-29-23(30)15-33-24-27-19-4-2-3-5-20(19)28-24/h2-13H,14-15H2,1H3,(H,27,28)(H,29,30)/b26-13+. The second-order valence-electron chi connectivity index (χ2n) is 6.97. The SMILES string of the molecule is COc1cc(/C=N/NC(=O)CSc2nc3ccccc3[nH]2)ccc1OCc1ccc(Br)cc1. The molecule has 1 aromatic heterocycles. The lowest BCUT2D eigenvalue weighted by Gasteiger charge is -2.11. The first-order valence-electron chi connectivity index (χ1n) is 10.1. The molecule has 4 aromatic rings. The molecule has 168 valence electrons. The molecular weight excluding hydrogens is 504 g/mol. The highest BCUT2D eigenvalue weighted by Gasteiger charge is 2.08. The van der Waals surface area contributed by atoms with Crippen LogP contribution in [0.1, 0.15) is 11.1 Å². The van der Waals surface area contributed by atoms with Crippen LogP contribution in [0.2, 0.25) is 0 Å². The number of para-hydroxylation sites is 2. The van der Waals surface area contributed by atoms with Gasteiger partial charge in [-0.1, -0.05) is 52.0 Å². The average Bonchev–Trinajstić information content (AvgIpc) is 3.26. The van der Waals surface area contributed by atoms with Crippen molar-refractivity contribution < 1.29 is 14.3 Å². The van der Waals surface area contributed by atoms with E-state index in [0.717, 1.165) is 26.6 Å². The van der Waals surface area contributed by atoms with E-state index >= 15 is 0 Å². The van der Waals surface area contributed by atoms with Crippen LogP contribution in [0.25, 0.3) is 11.0 Å². The molecule has 0 spiro atoms. The number of ether oxygens (including phenoxy) is 2. The normalized spacial score (nSPS) is 11.1. The topological polar surface area (TPSA) is 88.6 Å². The minimum absolute atomic E-state index is 0.198. The molecular formula is C24H21BrN4O3S. The van der Waals surface area contributed by atoms with E-state index in [4.69, 9.17) is 9.47 Å². The molecule has 2 N–H and O–H groups in total. The van der Waals surface area contributed by atoms with Gasteiger partial charge >= 0.3 is 0 Å². The van der Waals surface area contributed by atoms with Gasteiger partial charge in [0, 0.05) is 4.47 Å². The van der Waals surface area contributed by atoms with E-state index in [1.807, 2.05) is 60.7 Å². The van der Waals surface area contributed by atoms with Crippen LogP contribution >= 0.6 is 27.7 Å². The van der Waals surface area contributed by atoms with E-state index in [9.17, 15) is 4.79 Å². The van der Waals surface area contributed by atoms with Crippen molar-refractivity contribution in [3.05, 3.63) is 82.3 Å². The number of amides is 1. The molecule has 0 saturated carbocycles. The van der Waals surface area contributed by atoms with Crippen LogP contribution < -0.4 is 14.9 Å². The van der Waals surface area contributed by atoms with Crippen molar-refractivity contribution in [2.45, 2.75) is 11.8 Å². The van der Waals surface area contributed by atoms with Gasteiger partial charge in [0.1, 0.15) is 6.61 Å². The van der Waals surface area contributed by atoms with Gasteiger partial charge in [0.2, 0.25) is 0 Å². The molecule has 0 aliphatic rings. The number of carbonyl (C=O) groups is 1. The van der Waals surface area contributed by atoms with Gasteiger partial charge in [0.05, 0.1) is 30.1 Å². The number of halogens is 1. The van der Waals surface area contributed by atoms with E-state index < -0.39 is 0 Å². The molecule has 0 fully saturated rings. The number of carbonyl (C=O) groups excluding carboxylic acids is 1. The van der Waals surface area contributed by atoms with E-state index in [1.54, 1.807) is 19.4 Å². The third-order valence-electron chi connectivity index (χ3n) is 4.61. The second kappa shape index (κ2) is 11.0. The highest BCUT2D eigenvalue weighted by atomic mass is 79.9. The number of nitrogens with one attached hydrogen (secondary N) is 2. The average molecular weight is 525 g/mol. The van der Waals surface area contributed by atoms with E-state index in [1.165, 1.54) is 11.8 Å². The monoisotopic (exact) mass is 524 g/mol. The Morgan fingerprint density at radius 2 is 1.97 bits per heavy atom. The number of benzene rings is 3. The Kier molecular flexibility index (Phi) is 7.64. The zero-order chi connectivity index (χ0) is 23.0. The number of fused-ring (bicyclic) bond motifs is 1. The van der Waals surface area contributed by atoms with Crippen molar-refractivity contribution in [3.8, 4) is 11.5 Å². The van der Waals surface area contributed by atoms with Crippen LogP contribution in [0.5, 0.6) is 11.5 Å². The molecule has 1 heterocycles. The first-order valence-corrected chi connectivity index (χ1v) is 11.8. The molecule has 7 nitrogen and oxygen atoms in total. The van der Waals surface area contributed by atoms with Gasteiger partial charge in [-0.2, -0.15) is 5.10 Å². The molecule has 0 aliphatic heterocycles. The minimum Gasteiger partial charge on any atom is -0.493 e. The second-order valence-corrected chi connectivity index (χ2v) is 8.85. The van der Waals surface area contributed by atoms with Crippen molar-refractivity contribution >= 4 is 50.8 Å². The number of imidazole rings is 1. The summed E-state index contributed by atoms with van der Waals surface area (Å²) in [6.07, 6.45) is 1.56. The van der Waals surface area contributed by atoms with Gasteiger partial charge in [-0.15, -0.1) is 0 Å². The third kappa shape index (κ3) is 6.36. The Bertz CT molecular complexity index is 1240. The zero-order valence-corrected chi connectivity index (χ0v) is 20.2. The number of thioether (sulfide) groups is 1. The quantitative estimate of drug-likeness (QED) is 0.179. The largest absolute Gasteiger partial charge is 0.493 e. The predicted molar refractivity (Wildman–Crippen MR) is 134 cm³/mol. The molecule has 3 aromatic carbocycles. The summed E-state index contributed by atoms with van der Waals surface area (Å²) in [5.41, 5.74) is 6.17. The zero-order valence-electron chi connectivity index (χ0n) is 17.7. The molecule has 0 bridgehead atoms. The van der Waals surface area contributed by atoms with Crippen LogP contribution in [0.4, 0.5) is 0 Å². The summed E-state index contributed by atoms with van der Waals surface area (Å²) < 4.78 is 12.3.